The van der Waals surface area contributed by atoms with Crippen molar-refractivity contribution in [1.82, 2.24) is 4.72 Å². The predicted molar refractivity (Wildman–Crippen MR) is 72.7 cm³/mol. The molecule has 1 saturated carbocycles. The lowest BCUT2D eigenvalue weighted by Crippen LogP contribution is -2.33. The van der Waals surface area contributed by atoms with Gasteiger partial charge in [0.1, 0.15) is 4.90 Å². The number of hydrogen-bond donors (Lipinski definition) is 2. The smallest absolute Gasteiger partial charge is 0.242 e. The van der Waals surface area contributed by atoms with Crippen LogP contribution >= 0.6 is 0 Å². The fourth-order valence-electron chi connectivity index (χ4n) is 2.51. The Balaban J connectivity index is 2.20. The summed E-state index contributed by atoms with van der Waals surface area (Å²) in [7, 11) is -3.49. The van der Waals surface area contributed by atoms with Gasteiger partial charge in [-0.3, -0.25) is 0 Å². The molecule has 18 heavy (non-hydrogen) atoms. The predicted octanol–water partition coefficient (Wildman–Crippen LogP) is 2.04. The van der Waals surface area contributed by atoms with E-state index in [1.165, 1.54) is 0 Å². The molecular formula is C13H20N2O2S. The van der Waals surface area contributed by atoms with Crippen molar-refractivity contribution in [1.29, 1.82) is 0 Å². The number of nitrogen functional groups attached to an aromatic ring is 1. The summed E-state index contributed by atoms with van der Waals surface area (Å²) in [5.41, 5.74) is 7.06. The second-order valence-electron chi connectivity index (χ2n) is 5.28. The highest BCUT2D eigenvalue weighted by molar-refractivity contribution is 7.89. The Morgan fingerprint density at radius 1 is 1.33 bits per heavy atom. The molecule has 0 amide bonds. The van der Waals surface area contributed by atoms with Crippen molar-refractivity contribution < 1.29 is 8.42 Å². The molecule has 0 spiro atoms. The number of anilines is 1. The number of sulfonamides is 1. The molecule has 5 heteroatoms. The zero-order chi connectivity index (χ0) is 13.3. The third-order valence-electron chi connectivity index (χ3n) is 3.47. The van der Waals surface area contributed by atoms with Gasteiger partial charge in [0, 0.05) is 6.04 Å². The molecule has 3 N–H and O–H groups in total. The van der Waals surface area contributed by atoms with Crippen LogP contribution in [0.4, 0.5) is 5.69 Å². The van der Waals surface area contributed by atoms with Crippen LogP contribution in [0, 0.1) is 12.8 Å². The zero-order valence-electron chi connectivity index (χ0n) is 10.8. The van der Waals surface area contributed by atoms with Gasteiger partial charge in [-0.1, -0.05) is 13.0 Å². The fourth-order valence-corrected chi connectivity index (χ4v) is 3.91. The van der Waals surface area contributed by atoms with Crippen LogP contribution in [0.5, 0.6) is 0 Å². The zero-order valence-corrected chi connectivity index (χ0v) is 11.6. The van der Waals surface area contributed by atoms with Gasteiger partial charge >= 0.3 is 0 Å². The second-order valence-corrected chi connectivity index (χ2v) is 6.96. The van der Waals surface area contributed by atoms with Crippen molar-refractivity contribution in [3.63, 3.8) is 0 Å². The van der Waals surface area contributed by atoms with Gasteiger partial charge in [-0.25, -0.2) is 13.1 Å². The second kappa shape index (κ2) is 4.90. The van der Waals surface area contributed by atoms with Crippen LogP contribution in [0.25, 0.3) is 0 Å². The maximum absolute atomic E-state index is 12.2. The van der Waals surface area contributed by atoms with Crippen molar-refractivity contribution in [3.05, 3.63) is 23.8 Å². The largest absolute Gasteiger partial charge is 0.398 e. The number of rotatable bonds is 3. The molecule has 0 heterocycles. The van der Waals surface area contributed by atoms with Gasteiger partial charge in [0.15, 0.2) is 0 Å². The average Bonchev–Trinajstić information content (AvgIpc) is 2.62. The standard InChI is InChI=1S/C13H20N2O2S/c1-9-3-5-11(7-9)15-18(16,17)13-6-4-10(2)8-12(13)14/h4,6,8-9,11,15H,3,5,7,14H2,1-2H3. The van der Waals surface area contributed by atoms with Crippen molar-refractivity contribution in [2.45, 2.75) is 44.0 Å². The van der Waals surface area contributed by atoms with Gasteiger partial charge < -0.3 is 5.73 Å². The van der Waals surface area contributed by atoms with E-state index in [0.29, 0.717) is 11.6 Å². The van der Waals surface area contributed by atoms with Crippen molar-refractivity contribution in [2.24, 2.45) is 5.92 Å². The molecule has 1 aliphatic rings. The molecule has 2 atom stereocenters. The van der Waals surface area contributed by atoms with Crippen molar-refractivity contribution in [3.8, 4) is 0 Å². The van der Waals surface area contributed by atoms with Crippen LogP contribution in [0.15, 0.2) is 23.1 Å². The fraction of sp³-hybridized carbons (Fsp3) is 0.538. The molecular weight excluding hydrogens is 248 g/mol. The minimum Gasteiger partial charge on any atom is -0.398 e. The molecule has 4 nitrogen and oxygen atoms in total. The van der Waals surface area contributed by atoms with E-state index in [2.05, 4.69) is 11.6 Å². The van der Waals surface area contributed by atoms with E-state index in [4.69, 9.17) is 5.73 Å². The lowest BCUT2D eigenvalue weighted by atomic mass is 10.1. The summed E-state index contributed by atoms with van der Waals surface area (Å²) in [6.45, 7) is 4.04. The molecule has 2 rings (SSSR count). The minimum atomic E-state index is -3.49. The lowest BCUT2D eigenvalue weighted by molar-refractivity contribution is 0.538. The SMILES string of the molecule is Cc1ccc(S(=O)(=O)NC2CCC(C)C2)c(N)c1. The molecule has 0 bridgehead atoms. The van der Waals surface area contributed by atoms with Gasteiger partial charge in [0.05, 0.1) is 5.69 Å². The Kier molecular flexibility index (Phi) is 3.64. The number of nitrogens with one attached hydrogen (secondary N) is 1. The maximum atomic E-state index is 12.2. The molecule has 1 fully saturated rings. The third-order valence-corrected chi connectivity index (χ3v) is 5.07. The molecule has 0 saturated heterocycles. The Hall–Kier alpha value is -1.07. The molecule has 100 valence electrons. The summed E-state index contributed by atoms with van der Waals surface area (Å²) in [5, 5.41) is 0. The first-order valence-electron chi connectivity index (χ1n) is 6.27. The molecule has 1 aliphatic carbocycles. The summed E-state index contributed by atoms with van der Waals surface area (Å²) in [5.74, 6) is 0.591. The Labute approximate surface area is 109 Å². The number of hydrogen-bond acceptors (Lipinski definition) is 3. The summed E-state index contributed by atoms with van der Waals surface area (Å²) < 4.78 is 27.2. The first kappa shape index (κ1) is 13.4. The van der Waals surface area contributed by atoms with Crippen molar-refractivity contribution >= 4 is 15.7 Å². The monoisotopic (exact) mass is 268 g/mol. The minimum absolute atomic E-state index is 0.0469. The van der Waals surface area contributed by atoms with E-state index < -0.39 is 10.0 Å². The highest BCUT2D eigenvalue weighted by Gasteiger charge is 2.27. The van der Waals surface area contributed by atoms with Crippen LogP contribution in [0.3, 0.4) is 0 Å². The highest BCUT2D eigenvalue weighted by atomic mass is 32.2. The number of benzene rings is 1. The van der Waals surface area contributed by atoms with Gasteiger partial charge in [-0.05, 0) is 49.8 Å². The summed E-state index contributed by atoms with van der Waals surface area (Å²) >= 11 is 0. The highest BCUT2D eigenvalue weighted by Crippen LogP contribution is 2.27. The van der Waals surface area contributed by atoms with Crippen LogP contribution < -0.4 is 10.5 Å². The van der Waals surface area contributed by atoms with Gasteiger partial charge in [-0.2, -0.15) is 0 Å². The van der Waals surface area contributed by atoms with E-state index in [9.17, 15) is 8.42 Å². The molecule has 0 radical (unpaired) electrons. The Morgan fingerprint density at radius 3 is 2.61 bits per heavy atom. The van der Waals surface area contributed by atoms with Crippen LogP contribution in [-0.2, 0) is 10.0 Å². The first-order chi connectivity index (χ1) is 8.38. The van der Waals surface area contributed by atoms with Crippen LogP contribution in [-0.4, -0.2) is 14.5 Å². The number of aryl methyl sites for hydroxylation is 1. The molecule has 0 aromatic heterocycles. The third kappa shape index (κ3) is 2.84. The topological polar surface area (TPSA) is 72.2 Å². The lowest BCUT2D eigenvalue weighted by Gasteiger charge is -2.14. The normalized spacial score (nSPS) is 24.3. The number of nitrogens with two attached hydrogens (primary N) is 1. The van der Waals surface area contributed by atoms with E-state index in [1.807, 2.05) is 6.92 Å². The van der Waals surface area contributed by atoms with E-state index >= 15 is 0 Å². The molecule has 0 aliphatic heterocycles. The van der Waals surface area contributed by atoms with Gasteiger partial charge in [0.2, 0.25) is 10.0 Å². The van der Waals surface area contributed by atoms with E-state index in [0.717, 1.165) is 24.8 Å². The average molecular weight is 268 g/mol. The summed E-state index contributed by atoms with van der Waals surface area (Å²) in [4.78, 5) is 0.188. The van der Waals surface area contributed by atoms with E-state index in [-0.39, 0.29) is 10.9 Å². The Morgan fingerprint density at radius 2 is 2.06 bits per heavy atom. The molecule has 2 unspecified atom stereocenters. The van der Waals surface area contributed by atoms with Gasteiger partial charge in [0.25, 0.3) is 0 Å². The van der Waals surface area contributed by atoms with Crippen LogP contribution in [0.1, 0.15) is 31.7 Å². The molecule has 1 aromatic rings. The Bertz CT molecular complexity index is 540. The van der Waals surface area contributed by atoms with Crippen LogP contribution in [0.2, 0.25) is 0 Å². The quantitative estimate of drug-likeness (QED) is 0.824. The summed E-state index contributed by atoms with van der Waals surface area (Å²) in [6.07, 6.45) is 2.90. The molecule has 1 aromatic carbocycles. The maximum Gasteiger partial charge on any atom is 0.242 e. The first-order valence-corrected chi connectivity index (χ1v) is 7.75. The van der Waals surface area contributed by atoms with E-state index in [1.54, 1.807) is 18.2 Å². The van der Waals surface area contributed by atoms with Crippen molar-refractivity contribution in [2.75, 3.05) is 5.73 Å². The summed E-state index contributed by atoms with van der Waals surface area (Å²) in [6, 6.07) is 5.07. The van der Waals surface area contributed by atoms with Gasteiger partial charge in [-0.15, -0.1) is 0 Å².